The first-order chi connectivity index (χ1) is 15.2. The van der Waals surface area contributed by atoms with Gasteiger partial charge in [0.1, 0.15) is 11.0 Å². The number of anilines is 2. The largest absolute Gasteiger partial charge is 0.462 e. The molecule has 1 aliphatic rings. The maximum absolute atomic E-state index is 13.3. The van der Waals surface area contributed by atoms with Gasteiger partial charge in [0.15, 0.2) is 0 Å². The molecule has 1 heterocycles. The molecule has 0 fully saturated rings. The van der Waals surface area contributed by atoms with E-state index in [1.807, 2.05) is 0 Å². The number of ether oxygens (including phenoxy) is 1. The van der Waals surface area contributed by atoms with Gasteiger partial charge in [-0.15, -0.1) is 11.3 Å². The number of rotatable bonds is 8. The van der Waals surface area contributed by atoms with Gasteiger partial charge in [0, 0.05) is 9.90 Å². The van der Waals surface area contributed by atoms with E-state index in [0.29, 0.717) is 21.3 Å². The number of fused-ring (bicyclic) bond motifs is 1. The molecule has 1 aliphatic carbocycles. The van der Waals surface area contributed by atoms with Crippen LogP contribution in [0.15, 0.2) is 24.3 Å². The maximum Gasteiger partial charge on any atom is 0.341 e. The normalized spacial score (nSPS) is 14.4. The van der Waals surface area contributed by atoms with E-state index in [9.17, 15) is 18.0 Å². The number of carbonyl (C=O) groups is 2. The second-order valence-electron chi connectivity index (χ2n) is 7.58. The Morgan fingerprint density at radius 3 is 2.44 bits per heavy atom. The van der Waals surface area contributed by atoms with E-state index in [2.05, 4.69) is 5.32 Å². The number of nitrogens with one attached hydrogen (secondary N) is 1. The van der Waals surface area contributed by atoms with Crippen molar-refractivity contribution in [1.82, 2.24) is 0 Å². The minimum Gasteiger partial charge on any atom is -0.462 e. The molecule has 1 aromatic carbocycles. The van der Waals surface area contributed by atoms with Gasteiger partial charge in [-0.25, -0.2) is 13.2 Å². The van der Waals surface area contributed by atoms with Crippen LogP contribution < -0.4 is 9.62 Å². The van der Waals surface area contributed by atoms with Crippen LogP contribution in [0, 0.1) is 0 Å². The summed E-state index contributed by atoms with van der Waals surface area (Å²) in [6.07, 6.45) is 4.90. The lowest BCUT2D eigenvalue weighted by atomic mass is 9.95. The van der Waals surface area contributed by atoms with Gasteiger partial charge >= 0.3 is 5.97 Å². The molecule has 32 heavy (non-hydrogen) atoms. The van der Waals surface area contributed by atoms with Crippen molar-refractivity contribution < 1.29 is 22.7 Å². The Hall–Kier alpha value is -2.10. The highest BCUT2D eigenvalue weighted by Crippen LogP contribution is 2.39. The van der Waals surface area contributed by atoms with Gasteiger partial charge in [0.2, 0.25) is 15.9 Å². The van der Waals surface area contributed by atoms with Gasteiger partial charge in [-0.1, -0.05) is 18.5 Å². The molecule has 1 amide bonds. The number of carbonyl (C=O) groups excluding carboxylic acids is 2. The van der Waals surface area contributed by atoms with Crippen LogP contribution >= 0.6 is 22.9 Å². The fourth-order valence-electron chi connectivity index (χ4n) is 3.92. The maximum atomic E-state index is 13.3. The van der Waals surface area contributed by atoms with Crippen LogP contribution in [0.5, 0.6) is 0 Å². The molecule has 1 aromatic heterocycles. The highest BCUT2D eigenvalue weighted by molar-refractivity contribution is 7.92. The molecule has 10 heteroatoms. The van der Waals surface area contributed by atoms with Crippen molar-refractivity contribution >= 4 is 55.5 Å². The summed E-state index contributed by atoms with van der Waals surface area (Å²) in [5.41, 5.74) is 1.67. The molecule has 2 aromatic rings. The van der Waals surface area contributed by atoms with E-state index in [0.717, 1.165) is 46.7 Å². The SMILES string of the molecule is CCOC(=O)c1c(NC(=O)C(CC)N(c2ccc(Cl)cc2)S(C)(=O)=O)sc2c1CCCC2. The summed E-state index contributed by atoms with van der Waals surface area (Å²) in [7, 11) is -3.78. The predicted molar refractivity (Wildman–Crippen MR) is 128 cm³/mol. The number of benzene rings is 1. The molecule has 1 atom stereocenters. The van der Waals surface area contributed by atoms with Crippen LogP contribution in [0.4, 0.5) is 10.7 Å². The van der Waals surface area contributed by atoms with Crippen LogP contribution in [0.3, 0.4) is 0 Å². The standard InChI is InChI=1S/C22H27ClN2O5S2/c1-4-17(25(32(3,28)29)15-12-10-14(23)11-13-15)20(26)24-21-19(22(27)30-5-2)16-8-6-7-9-18(16)31-21/h10-13,17H,4-9H2,1-3H3,(H,24,26). The number of sulfonamides is 1. The first-order valence-corrected chi connectivity index (χ1v) is 13.6. The van der Waals surface area contributed by atoms with Crippen molar-refractivity contribution in [1.29, 1.82) is 0 Å². The average molecular weight is 499 g/mol. The van der Waals surface area contributed by atoms with E-state index >= 15 is 0 Å². The molecular weight excluding hydrogens is 472 g/mol. The van der Waals surface area contributed by atoms with Gasteiger partial charge in [-0.2, -0.15) is 0 Å². The third kappa shape index (κ3) is 5.27. The lowest BCUT2D eigenvalue weighted by Crippen LogP contribution is -2.47. The van der Waals surface area contributed by atoms with Crippen molar-refractivity contribution in [3.8, 4) is 0 Å². The third-order valence-corrected chi connectivity index (χ3v) is 7.94. The number of aryl methyl sites for hydroxylation is 1. The van der Waals surface area contributed by atoms with Crippen molar-refractivity contribution in [2.75, 3.05) is 22.5 Å². The average Bonchev–Trinajstić information content (AvgIpc) is 3.09. The lowest BCUT2D eigenvalue weighted by molar-refractivity contribution is -0.117. The van der Waals surface area contributed by atoms with Gasteiger partial charge in [-0.05, 0) is 68.9 Å². The second-order valence-corrected chi connectivity index (χ2v) is 11.0. The summed E-state index contributed by atoms with van der Waals surface area (Å²) >= 11 is 7.32. The molecule has 1 N–H and O–H groups in total. The predicted octanol–water partition coefficient (Wildman–Crippen LogP) is 4.64. The van der Waals surface area contributed by atoms with Crippen LogP contribution in [-0.2, 0) is 32.4 Å². The fourth-order valence-corrected chi connectivity index (χ4v) is 6.53. The summed E-state index contributed by atoms with van der Waals surface area (Å²) in [5.74, 6) is -0.968. The Kier molecular flexibility index (Phi) is 7.84. The van der Waals surface area contributed by atoms with Crippen molar-refractivity contribution in [2.24, 2.45) is 0 Å². The Morgan fingerprint density at radius 2 is 1.84 bits per heavy atom. The van der Waals surface area contributed by atoms with E-state index in [-0.39, 0.29) is 13.0 Å². The quantitative estimate of drug-likeness (QED) is 0.535. The minimum atomic E-state index is -3.78. The molecule has 0 spiro atoms. The zero-order valence-corrected chi connectivity index (χ0v) is 20.7. The summed E-state index contributed by atoms with van der Waals surface area (Å²) in [5, 5.41) is 3.72. The Balaban J connectivity index is 1.97. The summed E-state index contributed by atoms with van der Waals surface area (Å²) < 4.78 is 31.6. The van der Waals surface area contributed by atoms with E-state index in [1.54, 1.807) is 38.1 Å². The van der Waals surface area contributed by atoms with Gasteiger partial charge in [0.25, 0.3) is 0 Å². The first-order valence-electron chi connectivity index (χ1n) is 10.5. The molecule has 0 bridgehead atoms. The molecule has 0 aliphatic heterocycles. The third-order valence-electron chi connectivity index (χ3n) is 5.30. The molecule has 0 saturated carbocycles. The molecule has 0 saturated heterocycles. The molecule has 7 nitrogen and oxygen atoms in total. The smallest absolute Gasteiger partial charge is 0.341 e. The number of nitrogens with zero attached hydrogens (tertiary/aromatic N) is 1. The summed E-state index contributed by atoms with van der Waals surface area (Å²) in [6.45, 7) is 3.70. The zero-order valence-electron chi connectivity index (χ0n) is 18.3. The number of hydrogen-bond donors (Lipinski definition) is 1. The van der Waals surface area contributed by atoms with Crippen molar-refractivity contribution in [3.63, 3.8) is 0 Å². The van der Waals surface area contributed by atoms with Crippen LogP contribution in [0.1, 0.15) is 53.9 Å². The monoisotopic (exact) mass is 498 g/mol. The summed E-state index contributed by atoms with van der Waals surface area (Å²) in [6, 6.07) is 5.28. The number of esters is 1. The highest BCUT2D eigenvalue weighted by atomic mass is 35.5. The second kappa shape index (κ2) is 10.2. The lowest BCUT2D eigenvalue weighted by Gasteiger charge is -2.30. The van der Waals surface area contributed by atoms with E-state index < -0.39 is 27.9 Å². The molecule has 174 valence electrons. The van der Waals surface area contributed by atoms with Crippen LogP contribution in [0.25, 0.3) is 0 Å². The number of hydrogen-bond acceptors (Lipinski definition) is 6. The summed E-state index contributed by atoms with van der Waals surface area (Å²) in [4.78, 5) is 27.1. The topological polar surface area (TPSA) is 92.8 Å². The van der Waals surface area contributed by atoms with Crippen LogP contribution in [-0.4, -0.2) is 39.2 Å². The van der Waals surface area contributed by atoms with E-state index in [1.165, 1.54) is 11.3 Å². The highest BCUT2D eigenvalue weighted by Gasteiger charge is 2.34. The first kappa shape index (κ1) is 24.5. The van der Waals surface area contributed by atoms with Crippen LogP contribution in [0.2, 0.25) is 5.02 Å². The van der Waals surface area contributed by atoms with Crippen molar-refractivity contribution in [2.45, 2.75) is 52.0 Å². The Morgan fingerprint density at radius 1 is 1.19 bits per heavy atom. The molecule has 0 radical (unpaired) electrons. The van der Waals surface area contributed by atoms with Gasteiger partial charge in [0.05, 0.1) is 24.1 Å². The van der Waals surface area contributed by atoms with Crippen molar-refractivity contribution in [3.05, 3.63) is 45.3 Å². The number of thiophene rings is 1. The zero-order chi connectivity index (χ0) is 23.5. The minimum absolute atomic E-state index is 0.229. The fraction of sp³-hybridized carbons (Fsp3) is 0.455. The number of halogens is 1. The molecule has 1 unspecified atom stereocenters. The molecule has 3 rings (SSSR count). The van der Waals surface area contributed by atoms with E-state index in [4.69, 9.17) is 16.3 Å². The molecular formula is C22H27ClN2O5S2. The Bertz CT molecular complexity index is 1100. The number of amides is 1. The Labute approximate surface area is 197 Å². The van der Waals surface area contributed by atoms with Gasteiger partial charge in [-0.3, -0.25) is 9.10 Å². The van der Waals surface area contributed by atoms with Gasteiger partial charge < -0.3 is 10.1 Å².